The van der Waals surface area contributed by atoms with Crippen LogP contribution in [0.3, 0.4) is 0 Å². The van der Waals surface area contributed by atoms with Gasteiger partial charge >= 0.3 is 0 Å². The maximum Gasteiger partial charge on any atom is 0.226 e. The highest BCUT2D eigenvalue weighted by Gasteiger charge is 2.32. The number of aromatic nitrogens is 2. The number of rotatable bonds is 4. The number of hydrogen-bond acceptors (Lipinski definition) is 4. The number of benzene rings is 2. The third kappa shape index (κ3) is 3.11. The lowest BCUT2D eigenvalue weighted by Gasteiger charge is -2.25. The van der Waals surface area contributed by atoms with Gasteiger partial charge in [0.25, 0.3) is 0 Å². The molecule has 1 N–H and O–H groups in total. The van der Waals surface area contributed by atoms with Gasteiger partial charge in [0.1, 0.15) is 17.3 Å². The van der Waals surface area contributed by atoms with Crippen molar-refractivity contribution in [3.63, 3.8) is 0 Å². The van der Waals surface area contributed by atoms with Crippen molar-refractivity contribution in [2.45, 2.75) is 26.2 Å². The number of methoxy groups -OCH3 is 2. The maximum absolute atomic E-state index is 12.5. The SMILES string of the molecule is COc1ccc(C2CC(=O)Nc3c2cnn3-c2cc(C)cc(C)c2)c(OC)c1. The minimum Gasteiger partial charge on any atom is -0.497 e. The van der Waals surface area contributed by atoms with Gasteiger partial charge in [0.2, 0.25) is 5.91 Å². The molecule has 6 nitrogen and oxygen atoms in total. The Morgan fingerprint density at radius 1 is 1.04 bits per heavy atom. The second-order valence-electron chi connectivity index (χ2n) is 7.12. The van der Waals surface area contributed by atoms with Crippen LogP contribution in [0.4, 0.5) is 5.82 Å². The summed E-state index contributed by atoms with van der Waals surface area (Å²) in [6, 6.07) is 11.9. The van der Waals surface area contributed by atoms with Crippen molar-refractivity contribution in [3.05, 3.63) is 64.8 Å². The number of amides is 1. The topological polar surface area (TPSA) is 65.4 Å². The van der Waals surface area contributed by atoms with Crippen LogP contribution in [-0.4, -0.2) is 29.9 Å². The van der Waals surface area contributed by atoms with Crippen LogP contribution >= 0.6 is 0 Å². The van der Waals surface area contributed by atoms with E-state index >= 15 is 0 Å². The van der Waals surface area contributed by atoms with E-state index in [-0.39, 0.29) is 11.8 Å². The van der Waals surface area contributed by atoms with Gasteiger partial charge in [-0.05, 0) is 43.2 Å². The van der Waals surface area contributed by atoms with Gasteiger partial charge in [-0.3, -0.25) is 4.79 Å². The first-order valence-corrected chi connectivity index (χ1v) is 9.18. The van der Waals surface area contributed by atoms with Crippen LogP contribution < -0.4 is 14.8 Å². The standard InChI is InChI=1S/C22H23N3O3/c1-13-7-14(2)9-15(8-13)25-22-19(12-23-25)18(11-21(26)24-22)17-6-5-16(27-3)10-20(17)28-4/h5-10,12,18H,11H2,1-4H3,(H,24,26). The van der Waals surface area contributed by atoms with Crippen LogP contribution in [0, 0.1) is 13.8 Å². The molecule has 0 aliphatic carbocycles. The van der Waals surface area contributed by atoms with Crippen molar-refractivity contribution in [2.24, 2.45) is 0 Å². The minimum atomic E-state index is -0.135. The van der Waals surface area contributed by atoms with Gasteiger partial charge in [-0.15, -0.1) is 0 Å². The summed E-state index contributed by atoms with van der Waals surface area (Å²) in [5, 5.41) is 7.59. The molecule has 0 radical (unpaired) electrons. The molecular formula is C22H23N3O3. The molecule has 1 amide bonds. The normalized spacial score (nSPS) is 15.7. The first-order valence-electron chi connectivity index (χ1n) is 9.18. The predicted octanol–water partition coefficient (Wildman–Crippen LogP) is 3.98. The summed E-state index contributed by atoms with van der Waals surface area (Å²) in [7, 11) is 3.25. The largest absolute Gasteiger partial charge is 0.497 e. The van der Waals surface area contributed by atoms with Crippen molar-refractivity contribution in [3.8, 4) is 17.2 Å². The highest BCUT2D eigenvalue weighted by atomic mass is 16.5. The van der Waals surface area contributed by atoms with Gasteiger partial charge in [0.15, 0.2) is 0 Å². The molecule has 6 heteroatoms. The van der Waals surface area contributed by atoms with E-state index in [0.717, 1.165) is 27.9 Å². The number of aryl methyl sites for hydroxylation is 2. The van der Waals surface area contributed by atoms with Crippen LogP contribution in [0.2, 0.25) is 0 Å². The molecule has 0 saturated carbocycles. The quantitative estimate of drug-likeness (QED) is 0.747. The van der Waals surface area contributed by atoms with E-state index in [1.54, 1.807) is 18.9 Å². The molecule has 0 fully saturated rings. The van der Waals surface area contributed by atoms with Gasteiger partial charge in [0.05, 0.1) is 26.1 Å². The Bertz CT molecular complexity index is 1030. The van der Waals surface area contributed by atoms with E-state index < -0.39 is 0 Å². The molecule has 3 aromatic rings. The average molecular weight is 377 g/mol. The summed E-state index contributed by atoms with van der Waals surface area (Å²) in [5.41, 5.74) is 5.15. The third-order valence-electron chi connectivity index (χ3n) is 5.09. The molecule has 0 saturated heterocycles. The summed E-state index contributed by atoms with van der Waals surface area (Å²) < 4.78 is 12.7. The number of carbonyl (C=O) groups excluding carboxylic acids is 1. The number of nitrogens with zero attached hydrogens (tertiary/aromatic N) is 2. The Hall–Kier alpha value is -3.28. The Labute approximate surface area is 164 Å². The second kappa shape index (κ2) is 7.03. The lowest BCUT2D eigenvalue weighted by Crippen LogP contribution is -2.24. The summed E-state index contributed by atoms with van der Waals surface area (Å²) in [6.07, 6.45) is 2.18. The Morgan fingerprint density at radius 2 is 1.79 bits per heavy atom. The number of anilines is 1. The lowest BCUT2D eigenvalue weighted by atomic mass is 9.86. The van der Waals surface area contributed by atoms with E-state index in [0.29, 0.717) is 23.7 Å². The molecule has 28 heavy (non-hydrogen) atoms. The number of hydrogen-bond donors (Lipinski definition) is 1. The van der Waals surface area contributed by atoms with Gasteiger partial charge in [-0.25, -0.2) is 4.68 Å². The van der Waals surface area contributed by atoms with Gasteiger partial charge in [0, 0.05) is 29.5 Å². The smallest absolute Gasteiger partial charge is 0.226 e. The van der Waals surface area contributed by atoms with Crippen molar-refractivity contribution >= 4 is 11.7 Å². The lowest BCUT2D eigenvalue weighted by molar-refractivity contribution is -0.116. The molecule has 1 aliphatic heterocycles. The highest BCUT2D eigenvalue weighted by molar-refractivity contribution is 5.94. The zero-order chi connectivity index (χ0) is 19.8. The van der Waals surface area contributed by atoms with Crippen LogP contribution in [0.1, 0.15) is 34.6 Å². The van der Waals surface area contributed by atoms with Gasteiger partial charge in [-0.1, -0.05) is 12.1 Å². The fraction of sp³-hybridized carbons (Fsp3) is 0.273. The molecule has 1 atom stereocenters. The fourth-order valence-electron chi connectivity index (χ4n) is 3.87. The average Bonchev–Trinajstić information content (AvgIpc) is 3.09. The number of ether oxygens (including phenoxy) is 2. The Kier molecular flexibility index (Phi) is 4.55. The van der Waals surface area contributed by atoms with Gasteiger partial charge < -0.3 is 14.8 Å². The molecule has 1 aliphatic rings. The molecule has 2 heterocycles. The van der Waals surface area contributed by atoms with Crippen LogP contribution in [0.5, 0.6) is 11.5 Å². The van der Waals surface area contributed by atoms with Crippen molar-refractivity contribution in [1.29, 1.82) is 0 Å². The molecule has 0 bridgehead atoms. The molecular weight excluding hydrogens is 354 g/mol. The minimum absolute atomic E-state index is 0.0403. The van der Waals surface area contributed by atoms with E-state index in [1.165, 1.54) is 0 Å². The highest BCUT2D eigenvalue weighted by Crippen LogP contribution is 2.42. The number of carbonyl (C=O) groups is 1. The molecule has 144 valence electrons. The van der Waals surface area contributed by atoms with E-state index in [1.807, 2.05) is 24.4 Å². The maximum atomic E-state index is 12.5. The zero-order valence-electron chi connectivity index (χ0n) is 16.4. The molecule has 2 aromatic carbocycles. The molecule has 1 unspecified atom stereocenters. The molecule has 4 rings (SSSR count). The summed E-state index contributed by atoms with van der Waals surface area (Å²) in [6.45, 7) is 4.10. The predicted molar refractivity (Wildman–Crippen MR) is 108 cm³/mol. The summed E-state index contributed by atoms with van der Waals surface area (Å²) >= 11 is 0. The third-order valence-corrected chi connectivity index (χ3v) is 5.09. The van der Waals surface area contributed by atoms with E-state index in [4.69, 9.17) is 9.47 Å². The van der Waals surface area contributed by atoms with Crippen molar-refractivity contribution < 1.29 is 14.3 Å². The summed E-state index contributed by atoms with van der Waals surface area (Å²) in [4.78, 5) is 12.5. The monoisotopic (exact) mass is 377 g/mol. The fourth-order valence-corrected chi connectivity index (χ4v) is 3.87. The first-order chi connectivity index (χ1) is 13.5. The summed E-state index contributed by atoms with van der Waals surface area (Å²) in [5.74, 6) is 1.95. The molecule has 0 spiro atoms. The van der Waals surface area contributed by atoms with E-state index in [9.17, 15) is 4.79 Å². The Balaban J connectivity index is 1.83. The number of fused-ring (bicyclic) bond motifs is 1. The molecule has 1 aromatic heterocycles. The zero-order valence-corrected chi connectivity index (χ0v) is 16.4. The van der Waals surface area contributed by atoms with Crippen molar-refractivity contribution in [2.75, 3.05) is 19.5 Å². The van der Waals surface area contributed by atoms with Gasteiger partial charge in [-0.2, -0.15) is 5.10 Å². The Morgan fingerprint density at radius 3 is 2.46 bits per heavy atom. The van der Waals surface area contributed by atoms with Crippen LogP contribution in [-0.2, 0) is 4.79 Å². The second-order valence-corrected chi connectivity index (χ2v) is 7.12. The number of nitrogens with one attached hydrogen (secondary N) is 1. The van der Waals surface area contributed by atoms with Crippen LogP contribution in [0.25, 0.3) is 5.69 Å². The van der Waals surface area contributed by atoms with Crippen molar-refractivity contribution in [1.82, 2.24) is 9.78 Å². The van der Waals surface area contributed by atoms with E-state index in [2.05, 4.69) is 42.5 Å². The first kappa shape index (κ1) is 18.1. The van der Waals surface area contributed by atoms with Crippen LogP contribution in [0.15, 0.2) is 42.6 Å².